The number of Topliss-reactive ketones (excluding diaryl/α,β-unsaturated/α-hetero) is 1. The van der Waals surface area contributed by atoms with Crippen LogP contribution in [-0.4, -0.2) is 10.9 Å². The van der Waals surface area contributed by atoms with Gasteiger partial charge in [-0.15, -0.1) is 0 Å². The van der Waals surface area contributed by atoms with Gasteiger partial charge in [0.05, 0.1) is 0 Å². The van der Waals surface area contributed by atoms with Crippen LogP contribution < -0.4 is 0 Å². The number of carbonyl (C=O) groups is 1. The number of hydrogen-bond acceptors (Lipinski definition) is 2. The van der Waals surface area contributed by atoms with Crippen molar-refractivity contribution in [3.8, 4) is 0 Å². The van der Waals surface area contributed by atoms with Gasteiger partial charge in [-0.05, 0) is 28.5 Å². The van der Waals surface area contributed by atoms with E-state index in [0.717, 1.165) is 21.5 Å². The first kappa shape index (κ1) is 11.0. The molecule has 3 aromatic rings. The maximum Gasteiger partial charge on any atom is 0.197 e. The van der Waals surface area contributed by atoms with Gasteiger partial charge in [0.1, 0.15) is 6.10 Å². The van der Waals surface area contributed by atoms with Crippen molar-refractivity contribution < 1.29 is 9.90 Å². The van der Waals surface area contributed by atoms with Crippen LogP contribution in [0.3, 0.4) is 0 Å². The zero-order chi connectivity index (χ0) is 13.1. The Bertz CT molecular complexity index is 867. The van der Waals surface area contributed by atoms with Gasteiger partial charge in [-0.2, -0.15) is 0 Å². The van der Waals surface area contributed by atoms with Gasteiger partial charge in [0.15, 0.2) is 5.78 Å². The summed E-state index contributed by atoms with van der Waals surface area (Å²) in [6.45, 7) is 0. The van der Waals surface area contributed by atoms with E-state index in [-0.39, 0.29) is 5.78 Å². The second-order valence-corrected chi connectivity index (χ2v) is 5.21. The molecule has 4 rings (SSSR count). The molecule has 0 amide bonds. The van der Waals surface area contributed by atoms with Crippen molar-refractivity contribution in [3.63, 3.8) is 0 Å². The van der Waals surface area contributed by atoms with E-state index in [1.165, 1.54) is 0 Å². The predicted octanol–water partition coefficient (Wildman–Crippen LogP) is 3.88. The lowest BCUT2D eigenvalue weighted by Crippen LogP contribution is -2.04. The molecule has 3 heteroatoms. The summed E-state index contributed by atoms with van der Waals surface area (Å²) >= 11 is 6.23. The molecule has 92 valence electrons. The fourth-order valence-corrected chi connectivity index (χ4v) is 3.15. The number of fused-ring (bicyclic) bond motifs is 2. The van der Waals surface area contributed by atoms with Crippen molar-refractivity contribution in [3.05, 3.63) is 58.6 Å². The molecular weight excluding hydrogens is 260 g/mol. The topological polar surface area (TPSA) is 37.3 Å². The molecule has 0 fully saturated rings. The first-order valence-corrected chi connectivity index (χ1v) is 6.42. The molecule has 0 radical (unpaired) electrons. The molecule has 3 aromatic carbocycles. The highest BCUT2D eigenvalue weighted by molar-refractivity contribution is 6.38. The van der Waals surface area contributed by atoms with Crippen molar-refractivity contribution in [2.24, 2.45) is 0 Å². The molecule has 0 heterocycles. The molecule has 1 unspecified atom stereocenters. The molecule has 0 bridgehead atoms. The van der Waals surface area contributed by atoms with Gasteiger partial charge in [-0.3, -0.25) is 4.79 Å². The second kappa shape index (κ2) is 3.56. The highest BCUT2D eigenvalue weighted by Crippen LogP contribution is 2.43. The highest BCUT2D eigenvalue weighted by atomic mass is 35.5. The minimum absolute atomic E-state index is 0.237. The van der Waals surface area contributed by atoms with E-state index in [1.807, 2.05) is 30.3 Å². The molecule has 1 aliphatic carbocycles. The molecular formula is C16H9ClO2. The van der Waals surface area contributed by atoms with Gasteiger partial charge >= 0.3 is 0 Å². The summed E-state index contributed by atoms with van der Waals surface area (Å²) in [5, 5.41) is 14.2. The van der Waals surface area contributed by atoms with Crippen molar-refractivity contribution >= 4 is 38.9 Å². The third-order valence-electron chi connectivity index (χ3n) is 3.79. The average Bonchev–Trinajstić information content (AvgIpc) is 2.69. The minimum Gasteiger partial charge on any atom is -0.380 e. The Morgan fingerprint density at radius 2 is 1.84 bits per heavy atom. The average molecular weight is 269 g/mol. The van der Waals surface area contributed by atoms with E-state index in [1.54, 1.807) is 12.1 Å². The van der Waals surface area contributed by atoms with Crippen molar-refractivity contribution in [1.82, 2.24) is 0 Å². The van der Waals surface area contributed by atoms with Crippen molar-refractivity contribution in [2.75, 3.05) is 0 Å². The highest BCUT2D eigenvalue weighted by Gasteiger charge is 2.33. The van der Waals surface area contributed by atoms with Gasteiger partial charge in [-0.1, -0.05) is 41.9 Å². The summed E-state index contributed by atoms with van der Waals surface area (Å²) in [6.07, 6.45) is -1.07. The lowest BCUT2D eigenvalue weighted by molar-refractivity contribution is 0.0768. The Kier molecular flexibility index (Phi) is 2.06. The van der Waals surface area contributed by atoms with Crippen LogP contribution in [0.5, 0.6) is 0 Å². The van der Waals surface area contributed by atoms with Gasteiger partial charge in [0, 0.05) is 21.4 Å². The standard InChI is InChI=1S/C16H9ClO2/c17-12-6-5-10-13-11(12)7-8-3-1-2-4-9(8)14(13)16(19)15(10)18/h1-7,15,18H. The molecule has 0 aromatic heterocycles. The van der Waals surface area contributed by atoms with E-state index in [9.17, 15) is 9.90 Å². The zero-order valence-corrected chi connectivity index (χ0v) is 10.6. The zero-order valence-electron chi connectivity index (χ0n) is 9.85. The monoisotopic (exact) mass is 268 g/mol. The van der Waals surface area contributed by atoms with Crippen LogP contribution in [0.2, 0.25) is 5.02 Å². The normalized spacial score (nSPS) is 17.6. The van der Waals surface area contributed by atoms with Crippen LogP contribution in [0.1, 0.15) is 22.0 Å². The molecule has 0 aliphatic heterocycles. The van der Waals surface area contributed by atoms with Gasteiger partial charge in [0.2, 0.25) is 0 Å². The fraction of sp³-hybridized carbons (Fsp3) is 0.0625. The van der Waals surface area contributed by atoms with Crippen molar-refractivity contribution in [2.45, 2.75) is 6.10 Å². The Balaban J connectivity index is 2.36. The fourth-order valence-electron chi connectivity index (χ4n) is 2.93. The summed E-state index contributed by atoms with van der Waals surface area (Å²) < 4.78 is 0. The SMILES string of the molecule is O=C1c2c3ccccc3cc3c(Cl)ccc(c23)C1O. The Morgan fingerprint density at radius 1 is 1.05 bits per heavy atom. The summed E-state index contributed by atoms with van der Waals surface area (Å²) in [4.78, 5) is 12.3. The number of benzene rings is 3. The molecule has 0 saturated heterocycles. The maximum atomic E-state index is 12.3. The van der Waals surface area contributed by atoms with Gasteiger partial charge in [-0.25, -0.2) is 0 Å². The number of carbonyl (C=O) groups excluding carboxylic acids is 1. The van der Waals surface area contributed by atoms with Crippen LogP contribution in [0.25, 0.3) is 21.5 Å². The molecule has 1 aliphatic rings. The number of hydrogen-bond donors (Lipinski definition) is 1. The molecule has 0 spiro atoms. The number of aliphatic hydroxyl groups is 1. The van der Waals surface area contributed by atoms with Crippen LogP contribution in [0.15, 0.2) is 42.5 Å². The van der Waals surface area contributed by atoms with Gasteiger partial charge in [0.25, 0.3) is 0 Å². The van der Waals surface area contributed by atoms with E-state index in [2.05, 4.69) is 0 Å². The molecule has 1 atom stereocenters. The summed E-state index contributed by atoms with van der Waals surface area (Å²) in [7, 11) is 0. The van der Waals surface area contributed by atoms with Crippen LogP contribution >= 0.6 is 11.6 Å². The summed E-state index contributed by atoms with van der Waals surface area (Å²) in [5.74, 6) is -0.237. The largest absolute Gasteiger partial charge is 0.380 e. The summed E-state index contributed by atoms with van der Waals surface area (Å²) in [6, 6.07) is 13.1. The van der Waals surface area contributed by atoms with Gasteiger partial charge < -0.3 is 5.11 Å². The maximum absolute atomic E-state index is 12.3. The van der Waals surface area contributed by atoms with E-state index < -0.39 is 6.10 Å². The van der Waals surface area contributed by atoms with Crippen molar-refractivity contribution in [1.29, 1.82) is 0 Å². The molecule has 2 nitrogen and oxygen atoms in total. The van der Waals surface area contributed by atoms with E-state index in [0.29, 0.717) is 16.1 Å². The van der Waals surface area contributed by atoms with Crippen LogP contribution in [0, 0.1) is 0 Å². The summed E-state index contributed by atoms with van der Waals surface area (Å²) in [5.41, 5.74) is 1.25. The molecule has 0 saturated carbocycles. The van der Waals surface area contributed by atoms with E-state index >= 15 is 0 Å². The number of ketones is 1. The van der Waals surface area contributed by atoms with Crippen LogP contribution in [0.4, 0.5) is 0 Å². The molecule has 19 heavy (non-hydrogen) atoms. The van der Waals surface area contributed by atoms with E-state index in [4.69, 9.17) is 11.6 Å². The van der Waals surface area contributed by atoms with Crippen LogP contribution in [-0.2, 0) is 0 Å². The predicted molar refractivity (Wildman–Crippen MR) is 75.8 cm³/mol. The third-order valence-corrected chi connectivity index (χ3v) is 4.12. The Morgan fingerprint density at radius 3 is 2.68 bits per heavy atom. The Hall–Kier alpha value is -1.90. The lowest BCUT2D eigenvalue weighted by atomic mass is 9.98. The smallest absolute Gasteiger partial charge is 0.197 e. The molecule has 1 N–H and O–H groups in total. The quantitative estimate of drug-likeness (QED) is 0.628. The third kappa shape index (κ3) is 1.28. The first-order valence-electron chi connectivity index (χ1n) is 6.04. The number of aliphatic hydroxyl groups excluding tert-OH is 1. The minimum atomic E-state index is -1.07. The second-order valence-electron chi connectivity index (χ2n) is 4.80. The first-order chi connectivity index (χ1) is 9.18. The number of halogens is 1. The lowest BCUT2D eigenvalue weighted by Gasteiger charge is -2.07. The number of rotatable bonds is 0. The Labute approximate surface area is 114 Å².